The molecule has 0 radical (unpaired) electrons. The Hall–Kier alpha value is -1.72. The summed E-state index contributed by atoms with van der Waals surface area (Å²) in [4.78, 5) is 10.8. The Labute approximate surface area is 96.1 Å². The number of carbonyl (C=O) groups is 1. The number of alkyl halides is 3. The molecule has 1 rings (SSSR count). The van der Waals surface area contributed by atoms with Gasteiger partial charge in [0.2, 0.25) is 0 Å². The molecule has 0 bridgehead atoms. The van der Waals surface area contributed by atoms with E-state index in [0.717, 1.165) is 0 Å². The van der Waals surface area contributed by atoms with Crippen molar-refractivity contribution >= 4 is 5.97 Å². The van der Waals surface area contributed by atoms with Gasteiger partial charge in [-0.15, -0.1) is 13.2 Å². The van der Waals surface area contributed by atoms with Crippen LogP contribution in [0.5, 0.6) is 5.75 Å². The van der Waals surface area contributed by atoms with Gasteiger partial charge in [-0.05, 0) is 17.7 Å². The van der Waals surface area contributed by atoms with Crippen molar-refractivity contribution in [2.24, 2.45) is 0 Å². The third kappa shape index (κ3) is 5.24. The van der Waals surface area contributed by atoms with Gasteiger partial charge < -0.3 is 9.47 Å². The predicted molar refractivity (Wildman–Crippen MR) is 53.2 cm³/mol. The van der Waals surface area contributed by atoms with E-state index in [1.807, 2.05) is 0 Å². The fraction of sp³-hybridized carbons (Fsp3) is 0.364. The highest BCUT2D eigenvalue weighted by atomic mass is 19.4. The van der Waals surface area contributed by atoms with Crippen LogP contribution in [0.4, 0.5) is 13.2 Å². The average Bonchev–Trinajstić information content (AvgIpc) is 2.25. The third-order valence-electron chi connectivity index (χ3n) is 1.85. The van der Waals surface area contributed by atoms with Crippen molar-refractivity contribution in [2.75, 3.05) is 0 Å². The molecule has 3 nitrogen and oxygen atoms in total. The molecular weight excluding hydrogens is 237 g/mol. The van der Waals surface area contributed by atoms with Crippen molar-refractivity contribution in [1.82, 2.24) is 0 Å². The monoisotopic (exact) mass is 248 g/mol. The van der Waals surface area contributed by atoms with Crippen LogP contribution in [0, 0.1) is 0 Å². The summed E-state index contributed by atoms with van der Waals surface area (Å²) in [7, 11) is 0. The van der Waals surface area contributed by atoms with Crippen molar-refractivity contribution in [3.05, 3.63) is 29.8 Å². The van der Waals surface area contributed by atoms with Crippen molar-refractivity contribution in [3.63, 3.8) is 0 Å². The van der Waals surface area contributed by atoms with Gasteiger partial charge in [0.1, 0.15) is 12.4 Å². The van der Waals surface area contributed by atoms with Gasteiger partial charge in [0.15, 0.2) is 0 Å². The highest BCUT2D eigenvalue weighted by Gasteiger charge is 2.30. The van der Waals surface area contributed by atoms with E-state index in [0.29, 0.717) is 5.56 Å². The lowest BCUT2D eigenvalue weighted by atomic mass is 10.2. The van der Waals surface area contributed by atoms with Gasteiger partial charge in [-0.3, -0.25) is 4.79 Å². The zero-order valence-electron chi connectivity index (χ0n) is 9.08. The van der Waals surface area contributed by atoms with E-state index in [1.165, 1.54) is 24.3 Å². The van der Waals surface area contributed by atoms with Crippen molar-refractivity contribution < 1.29 is 27.4 Å². The second-order valence-electron chi connectivity index (χ2n) is 3.21. The first-order chi connectivity index (χ1) is 7.90. The largest absolute Gasteiger partial charge is 0.573 e. The summed E-state index contributed by atoms with van der Waals surface area (Å²) in [6.45, 7) is 1.70. The van der Waals surface area contributed by atoms with Crippen LogP contribution in [0.15, 0.2) is 24.3 Å². The highest BCUT2D eigenvalue weighted by Crippen LogP contribution is 2.22. The molecule has 0 unspecified atom stereocenters. The van der Waals surface area contributed by atoms with Crippen LogP contribution in [0.3, 0.4) is 0 Å². The van der Waals surface area contributed by atoms with Gasteiger partial charge in [-0.25, -0.2) is 0 Å². The van der Waals surface area contributed by atoms with Crippen molar-refractivity contribution in [2.45, 2.75) is 26.3 Å². The van der Waals surface area contributed by atoms with E-state index < -0.39 is 6.36 Å². The smallest absolute Gasteiger partial charge is 0.461 e. The maximum absolute atomic E-state index is 11.9. The third-order valence-corrected chi connectivity index (χ3v) is 1.85. The minimum atomic E-state index is -4.70. The Morgan fingerprint density at radius 1 is 1.24 bits per heavy atom. The Balaban J connectivity index is 2.53. The Morgan fingerprint density at radius 3 is 2.29 bits per heavy atom. The summed E-state index contributed by atoms with van der Waals surface area (Å²) in [5.74, 6) is -0.663. The standard InChI is InChI=1S/C11H11F3O3/c1-2-10(15)16-7-8-3-5-9(6-4-8)17-11(12,13)14/h3-6H,2,7H2,1H3. The molecule has 0 amide bonds. The molecule has 0 aliphatic rings. The van der Waals surface area contributed by atoms with Crippen LogP contribution >= 0.6 is 0 Å². The quantitative estimate of drug-likeness (QED) is 0.768. The summed E-state index contributed by atoms with van der Waals surface area (Å²) in [5, 5.41) is 0. The first kappa shape index (κ1) is 13.3. The number of benzene rings is 1. The molecule has 6 heteroatoms. The molecular formula is C11H11F3O3. The number of rotatable bonds is 4. The average molecular weight is 248 g/mol. The molecule has 1 aromatic rings. The van der Waals surface area contributed by atoms with Gasteiger partial charge in [-0.1, -0.05) is 19.1 Å². The number of carbonyl (C=O) groups excluding carboxylic acids is 1. The summed E-state index contributed by atoms with van der Waals surface area (Å²) in [6.07, 6.45) is -4.44. The van der Waals surface area contributed by atoms with Crippen molar-refractivity contribution in [1.29, 1.82) is 0 Å². The van der Waals surface area contributed by atoms with Crippen LogP contribution < -0.4 is 4.74 Å². The summed E-state index contributed by atoms with van der Waals surface area (Å²) < 4.78 is 44.1. The van der Waals surface area contributed by atoms with Crippen LogP contribution in [0.25, 0.3) is 0 Å². The van der Waals surface area contributed by atoms with Gasteiger partial charge in [0.25, 0.3) is 0 Å². The topological polar surface area (TPSA) is 35.5 Å². The maximum atomic E-state index is 11.9. The molecule has 0 spiro atoms. The van der Waals surface area contributed by atoms with E-state index in [2.05, 4.69) is 4.74 Å². The summed E-state index contributed by atoms with van der Waals surface area (Å²) in [6, 6.07) is 5.15. The molecule has 0 heterocycles. The van der Waals surface area contributed by atoms with E-state index in [-0.39, 0.29) is 24.7 Å². The van der Waals surface area contributed by atoms with E-state index in [4.69, 9.17) is 4.74 Å². The fourth-order valence-corrected chi connectivity index (χ4v) is 1.05. The minimum Gasteiger partial charge on any atom is -0.461 e. The lowest BCUT2D eigenvalue weighted by molar-refractivity contribution is -0.274. The molecule has 94 valence electrons. The SMILES string of the molecule is CCC(=O)OCc1ccc(OC(F)(F)F)cc1. The lowest BCUT2D eigenvalue weighted by Gasteiger charge is -2.09. The predicted octanol–water partition coefficient (Wildman–Crippen LogP) is 3.04. The van der Waals surface area contributed by atoms with Crippen LogP contribution in [-0.4, -0.2) is 12.3 Å². The van der Waals surface area contributed by atoms with Gasteiger partial charge in [0.05, 0.1) is 0 Å². The second-order valence-corrected chi connectivity index (χ2v) is 3.21. The molecule has 1 aromatic carbocycles. The first-order valence-electron chi connectivity index (χ1n) is 4.91. The molecule has 0 N–H and O–H groups in total. The Kier molecular flexibility index (Phi) is 4.37. The summed E-state index contributed by atoms with van der Waals surface area (Å²) in [5.41, 5.74) is 0.598. The fourth-order valence-electron chi connectivity index (χ4n) is 1.05. The Morgan fingerprint density at radius 2 is 1.82 bits per heavy atom. The number of hydrogen-bond donors (Lipinski definition) is 0. The molecule has 0 fully saturated rings. The number of halogens is 3. The molecule has 0 aliphatic carbocycles. The normalized spacial score (nSPS) is 11.1. The van der Waals surface area contributed by atoms with Crippen LogP contribution in [0.1, 0.15) is 18.9 Å². The Bertz CT molecular complexity index is 371. The van der Waals surface area contributed by atoms with E-state index in [1.54, 1.807) is 6.92 Å². The molecule has 0 atom stereocenters. The van der Waals surface area contributed by atoms with Crippen molar-refractivity contribution in [3.8, 4) is 5.75 Å². The van der Waals surface area contributed by atoms with Crippen LogP contribution in [-0.2, 0) is 16.1 Å². The highest BCUT2D eigenvalue weighted by molar-refractivity contribution is 5.68. The number of esters is 1. The van der Waals surface area contributed by atoms with Crippen LogP contribution in [0.2, 0.25) is 0 Å². The zero-order chi connectivity index (χ0) is 12.9. The molecule has 17 heavy (non-hydrogen) atoms. The first-order valence-corrected chi connectivity index (χ1v) is 4.91. The van der Waals surface area contributed by atoms with E-state index >= 15 is 0 Å². The van der Waals surface area contributed by atoms with Gasteiger partial charge in [0, 0.05) is 6.42 Å². The van der Waals surface area contributed by atoms with E-state index in [9.17, 15) is 18.0 Å². The second kappa shape index (κ2) is 5.56. The number of hydrogen-bond acceptors (Lipinski definition) is 3. The number of ether oxygens (including phenoxy) is 2. The molecule has 0 aromatic heterocycles. The van der Waals surface area contributed by atoms with Gasteiger partial charge >= 0.3 is 12.3 Å². The molecule has 0 saturated carbocycles. The maximum Gasteiger partial charge on any atom is 0.573 e. The summed E-state index contributed by atoms with van der Waals surface area (Å²) >= 11 is 0. The minimum absolute atomic E-state index is 0.0406. The molecule has 0 saturated heterocycles. The lowest BCUT2D eigenvalue weighted by Crippen LogP contribution is -2.17. The van der Waals surface area contributed by atoms with Gasteiger partial charge in [-0.2, -0.15) is 0 Å². The zero-order valence-corrected chi connectivity index (χ0v) is 9.08. The molecule has 0 aliphatic heterocycles.